The van der Waals surface area contributed by atoms with E-state index in [9.17, 15) is 9.59 Å². The molecule has 3 aromatic heterocycles. The van der Waals surface area contributed by atoms with Crippen molar-refractivity contribution in [1.29, 1.82) is 0 Å². The van der Waals surface area contributed by atoms with Crippen LogP contribution in [0.1, 0.15) is 56.9 Å². The molecule has 0 saturated carbocycles. The minimum Gasteiger partial charge on any atom is -0.494 e. The number of methoxy groups -OCH3 is 1. The van der Waals surface area contributed by atoms with Gasteiger partial charge in [0.05, 0.1) is 42.9 Å². The summed E-state index contributed by atoms with van der Waals surface area (Å²) in [5, 5.41) is 15.3. The van der Waals surface area contributed by atoms with E-state index in [1.165, 1.54) is 6.20 Å². The fourth-order valence-electron chi connectivity index (χ4n) is 4.89. The quantitative estimate of drug-likeness (QED) is 0.249. The van der Waals surface area contributed by atoms with Crippen molar-refractivity contribution in [1.82, 2.24) is 39.4 Å². The normalized spacial score (nSPS) is 13.8. The molecule has 238 valence electrons. The predicted molar refractivity (Wildman–Crippen MR) is 166 cm³/mol. The molecular formula is C30H38N10O5. The van der Waals surface area contributed by atoms with Crippen LogP contribution in [0.25, 0.3) is 11.4 Å². The van der Waals surface area contributed by atoms with Crippen LogP contribution < -0.4 is 15.4 Å². The number of aryl methyl sites for hydroxylation is 1. The molecule has 0 bridgehead atoms. The number of likely N-dealkylation sites (tertiary alicyclic amines) is 1. The number of carbonyl (C=O) groups excluding carboxylic acids is 2. The van der Waals surface area contributed by atoms with Gasteiger partial charge in [0.15, 0.2) is 17.4 Å². The maximum absolute atomic E-state index is 12.8. The number of hydrogen-bond acceptors (Lipinski definition) is 12. The average molecular weight is 619 g/mol. The fraction of sp³-hybridized carbons (Fsp3) is 0.433. The SMILES string of the molecule is CCOC(=O)c1cnc(Nc2cnn(C3CCN(C(=O)OC(C)(C)C)CC3)c2)nc1Nc1cccc(-c2ncn(C)n2)c1OC. The molecule has 4 heterocycles. The Bertz CT molecular complexity index is 1650. The third-order valence-electron chi connectivity index (χ3n) is 6.94. The average Bonchev–Trinajstić information content (AvgIpc) is 3.65. The molecule has 45 heavy (non-hydrogen) atoms. The highest BCUT2D eigenvalue weighted by atomic mass is 16.6. The first-order valence-corrected chi connectivity index (χ1v) is 14.7. The van der Waals surface area contributed by atoms with Gasteiger partial charge in [-0.2, -0.15) is 15.2 Å². The van der Waals surface area contributed by atoms with E-state index in [1.54, 1.807) is 49.3 Å². The Morgan fingerprint density at radius 3 is 2.53 bits per heavy atom. The molecule has 5 rings (SSSR count). The molecule has 1 fully saturated rings. The molecule has 1 aliphatic heterocycles. The minimum absolute atomic E-state index is 0.122. The summed E-state index contributed by atoms with van der Waals surface area (Å²) in [6, 6.07) is 5.59. The number of rotatable bonds is 9. The molecule has 4 aromatic rings. The van der Waals surface area contributed by atoms with Crippen molar-refractivity contribution in [3.05, 3.63) is 48.7 Å². The summed E-state index contributed by atoms with van der Waals surface area (Å²) in [4.78, 5) is 40.3. The Labute approximate surface area is 260 Å². The van der Waals surface area contributed by atoms with E-state index in [2.05, 4.69) is 35.8 Å². The third-order valence-corrected chi connectivity index (χ3v) is 6.94. The highest BCUT2D eigenvalue weighted by molar-refractivity contribution is 5.96. The molecule has 1 aromatic carbocycles. The summed E-state index contributed by atoms with van der Waals surface area (Å²) in [7, 11) is 3.33. The Kier molecular flexibility index (Phi) is 9.16. The molecule has 0 unspecified atom stereocenters. The number of esters is 1. The van der Waals surface area contributed by atoms with E-state index in [-0.39, 0.29) is 36.1 Å². The van der Waals surface area contributed by atoms with Crippen LogP contribution in [0.4, 0.5) is 27.9 Å². The number of para-hydroxylation sites is 1. The van der Waals surface area contributed by atoms with Crippen molar-refractivity contribution in [3.8, 4) is 17.1 Å². The monoisotopic (exact) mass is 618 g/mol. The van der Waals surface area contributed by atoms with Gasteiger partial charge in [-0.25, -0.2) is 19.6 Å². The highest BCUT2D eigenvalue weighted by Crippen LogP contribution is 2.37. The number of nitrogens with one attached hydrogen (secondary N) is 2. The van der Waals surface area contributed by atoms with Crippen LogP contribution in [-0.4, -0.2) is 83.9 Å². The zero-order chi connectivity index (χ0) is 32.1. The number of amides is 1. The maximum atomic E-state index is 12.8. The highest BCUT2D eigenvalue weighted by Gasteiger charge is 2.28. The van der Waals surface area contributed by atoms with E-state index >= 15 is 0 Å². The van der Waals surface area contributed by atoms with Gasteiger partial charge in [-0.1, -0.05) is 6.07 Å². The van der Waals surface area contributed by atoms with Gasteiger partial charge in [0.25, 0.3) is 0 Å². The lowest BCUT2D eigenvalue weighted by molar-refractivity contribution is 0.0184. The second-order valence-corrected chi connectivity index (χ2v) is 11.5. The molecule has 2 N–H and O–H groups in total. The van der Waals surface area contributed by atoms with Crippen LogP contribution in [0.3, 0.4) is 0 Å². The number of anilines is 4. The smallest absolute Gasteiger partial charge is 0.410 e. The van der Waals surface area contributed by atoms with Crippen molar-refractivity contribution < 1.29 is 23.8 Å². The van der Waals surface area contributed by atoms with Crippen molar-refractivity contribution in [2.24, 2.45) is 7.05 Å². The zero-order valence-corrected chi connectivity index (χ0v) is 26.3. The van der Waals surface area contributed by atoms with Crippen LogP contribution in [0, 0.1) is 0 Å². The molecule has 1 aliphatic rings. The van der Waals surface area contributed by atoms with E-state index in [1.807, 2.05) is 43.8 Å². The topological polar surface area (TPSA) is 163 Å². The lowest BCUT2D eigenvalue weighted by atomic mass is 10.1. The first-order valence-electron chi connectivity index (χ1n) is 14.7. The summed E-state index contributed by atoms with van der Waals surface area (Å²) in [5.41, 5.74) is 1.49. The molecule has 1 saturated heterocycles. The van der Waals surface area contributed by atoms with E-state index < -0.39 is 11.6 Å². The number of piperidine rings is 1. The van der Waals surface area contributed by atoms with E-state index in [0.717, 1.165) is 12.8 Å². The third kappa shape index (κ3) is 7.48. The van der Waals surface area contributed by atoms with E-state index in [4.69, 9.17) is 14.2 Å². The predicted octanol–water partition coefficient (Wildman–Crippen LogP) is 4.71. The number of ether oxygens (including phenoxy) is 3. The van der Waals surface area contributed by atoms with Crippen LogP contribution >= 0.6 is 0 Å². The molecule has 1 amide bonds. The summed E-state index contributed by atoms with van der Waals surface area (Å²) in [6.45, 7) is 8.66. The van der Waals surface area contributed by atoms with Crippen LogP contribution in [0.5, 0.6) is 5.75 Å². The molecule has 15 nitrogen and oxygen atoms in total. The molecule has 0 atom stereocenters. The van der Waals surface area contributed by atoms with Gasteiger partial charge >= 0.3 is 12.1 Å². The first kappa shape index (κ1) is 31.2. The van der Waals surface area contributed by atoms with Gasteiger partial charge < -0.3 is 29.7 Å². The van der Waals surface area contributed by atoms with Gasteiger partial charge in [0.2, 0.25) is 5.95 Å². The number of aromatic nitrogens is 7. The summed E-state index contributed by atoms with van der Waals surface area (Å²) in [6.07, 6.45) is 7.75. The summed E-state index contributed by atoms with van der Waals surface area (Å²) < 4.78 is 20.0. The maximum Gasteiger partial charge on any atom is 0.410 e. The number of benzene rings is 1. The van der Waals surface area contributed by atoms with Crippen molar-refractivity contribution in [3.63, 3.8) is 0 Å². The van der Waals surface area contributed by atoms with Gasteiger partial charge in [-0.3, -0.25) is 9.36 Å². The zero-order valence-electron chi connectivity index (χ0n) is 26.3. The number of hydrogen-bond donors (Lipinski definition) is 2. The van der Waals surface area contributed by atoms with Gasteiger partial charge in [0, 0.05) is 32.5 Å². The largest absolute Gasteiger partial charge is 0.494 e. The van der Waals surface area contributed by atoms with Crippen molar-refractivity contribution >= 4 is 35.2 Å². The molecule has 15 heteroatoms. The second-order valence-electron chi connectivity index (χ2n) is 11.5. The standard InChI is InChI=1S/C30H38N10O5/c1-7-44-27(41)22-16-31-28(36-26(22)35-23-10-8-9-21(24(23)43-6)25-32-18-38(5)37-25)34-19-15-33-40(17-19)20-11-13-39(14-12-20)29(42)45-30(2,3)4/h8-10,15-18,20H,7,11-14H2,1-6H3,(H2,31,34,35,36). The van der Waals surface area contributed by atoms with E-state index in [0.29, 0.717) is 41.6 Å². The van der Waals surface area contributed by atoms with Crippen LogP contribution in [-0.2, 0) is 16.5 Å². The Morgan fingerprint density at radius 2 is 1.87 bits per heavy atom. The fourth-order valence-corrected chi connectivity index (χ4v) is 4.89. The first-order chi connectivity index (χ1) is 21.5. The lowest BCUT2D eigenvalue weighted by Crippen LogP contribution is -2.42. The molecule has 0 radical (unpaired) electrons. The number of nitrogens with zero attached hydrogens (tertiary/aromatic N) is 8. The van der Waals surface area contributed by atoms with Crippen molar-refractivity contribution in [2.75, 3.05) is 37.4 Å². The van der Waals surface area contributed by atoms with Crippen molar-refractivity contribution in [2.45, 2.75) is 52.2 Å². The lowest BCUT2D eigenvalue weighted by Gasteiger charge is -2.33. The molecule has 0 spiro atoms. The Morgan fingerprint density at radius 1 is 1.09 bits per heavy atom. The second kappa shape index (κ2) is 13.2. The molecular weight excluding hydrogens is 580 g/mol. The summed E-state index contributed by atoms with van der Waals surface area (Å²) >= 11 is 0. The minimum atomic E-state index is -0.571. The van der Waals surface area contributed by atoms with Gasteiger partial charge in [-0.15, -0.1) is 0 Å². The van der Waals surface area contributed by atoms with Crippen LogP contribution in [0.15, 0.2) is 43.1 Å². The van der Waals surface area contributed by atoms with Gasteiger partial charge in [-0.05, 0) is 52.7 Å². The Balaban J connectivity index is 1.34. The Hall–Kier alpha value is -5.21. The summed E-state index contributed by atoms with van der Waals surface area (Å²) in [5.74, 6) is 0.856. The molecule has 0 aliphatic carbocycles. The number of carbonyl (C=O) groups is 2. The van der Waals surface area contributed by atoms with Crippen LogP contribution in [0.2, 0.25) is 0 Å². The van der Waals surface area contributed by atoms with Gasteiger partial charge in [0.1, 0.15) is 17.5 Å².